The monoisotopic (exact) mass is 370 g/mol. The molecule has 130 valence electrons. The van der Waals surface area contributed by atoms with E-state index in [0.717, 1.165) is 5.56 Å². The largest absolute Gasteiger partial charge is 0.463 e. The van der Waals surface area contributed by atoms with Crippen molar-refractivity contribution in [3.05, 3.63) is 46.0 Å². The Bertz CT molecular complexity index is 784. The van der Waals surface area contributed by atoms with E-state index in [1.807, 2.05) is 12.1 Å². The van der Waals surface area contributed by atoms with E-state index >= 15 is 0 Å². The molecule has 2 atom stereocenters. The number of carbonyl (C=O) groups is 1. The van der Waals surface area contributed by atoms with Gasteiger partial charge in [0.25, 0.3) is 0 Å². The molecule has 2 unspecified atom stereocenters. The molecule has 0 fully saturated rings. The fraction of sp³-hybridized carbons (Fsp3) is 0.471. The van der Waals surface area contributed by atoms with Gasteiger partial charge in [0.2, 0.25) is 0 Å². The van der Waals surface area contributed by atoms with Gasteiger partial charge in [-0.3, -0.25) is 0 Å². The molecule has 0 radical (unpaired) electrons. The van der Waals surface area contributed by atoms with Crippen LogP contribution in [0.2, 0.25) is 5.02 Å². The second-order valence-electron chi connectivity index (χ2n) is 5.84. The van der Waals surface area contributed by atoms with Gasteiger partial charge in [-0.25, -0.2) is 13.2 Å². The second kappa shape index (κ2) is 6.86. The number of benzene rings is 1. The molecule has 0 saturated heterocycles. The molecule has 1 aliphatic carbocycles. The molecule has 0 amide bonds. The van der Waals surface area contributed by atoms with E-state index in [1.165, 1.54) is 6.08 Å². The number of aryl methyl sites for hydroxylation is 1. The van der Waals surface area contributed by atoms with Gasteiger partial charge >= 0.3 is 5.97 Å². The van der Waals surface area contributed by atoms with Crippen LogP contribution in [0.3, 0.4) is 0 Å². The number of ether oxygens (including phenoxy) is 2. The summed E-state index contributed by atoms with van der Waals surface area (Å²) in [5.41, 5.74) is 1.78. The van der Waals surface area contributed by atoms with Gasteiger partial charge < -0.3 is 9.47 Å². The molecule has 24 heavy (non-hydrogen) atoms. The molecule has 0 aromatic heterocycles. The van der Waals surface area contributed by atoms with Gasteiger partial charge in [0, 0.05) is 5.02 Å². The fourth-order valence-corrected chi connectivity index (χ4v) is 6.04. The average Bonchev–Trinajstić information content (AvgIpc) is 3.01. The van der Waals surface area contributed by atoms with Crippen LogP contribution in [0.4, 0.5) is 0 Å². The van der Waals surface area contributed by atoms with Crippen molar-refractivity contribution in [3.8, 4) is 0 Å². The van der Waals surface area contributed by atoms with Crippen LogP contribution in [0, 0.1) is 0 Å². The van der Waals surface area contributed by atoms with Gasteiger partial charge in [0.1, 0.15) is 5.25 Å². The van der Waals surface area contributed by atoms with E-state index in [4.69, 9.17) is 21.1 Å². The quantitative estimate of drug-likeness (QED) is 0.762. The molecule has 0 spiro atoms. The summed E-state index contributed by atoms with van der Waals surface area (Å²) in [4.78, 5) is 12.1. The third-order valence-corrected chi connectivity index (χ3v) is 7.26. The maximum absolute atomic E-state index is 13.2. The lowest BCUT2D eigenvalue weighted by atomic mass is 10.1. The second-order valence-corrected chi connectivity index (χ2v) is 8.56. The number of carbonyl (C=O) groups excluding carboxylic acids is 1. The molecule has 0 saturated carbocycles. The Balaban J connectivity index is 1.98. The summed E-state index contributed by atoms with van der Waals surface area (Å²) < 4.78 is 36.8. The summed E-state index contributed by atoms with van der Waals surface area (Å²) in [5, 5.41) is -1.28. The molecular weight excluding hydrogens is 352 g/mol. The SMILES string of the molecule is CCOC(=O)C1=CCOCC1S(=O)(=O)C1CCc2cccc(Cl)c21. The third kappa shape index (κ3) is 2.98. The summed E-state index contributed by atoms with van der Waals surface area (Å²) in [6.07, 6.45) is 2.63. The highest BCUT2D eigenvalue weighted by Crippen LogP contribution is 2.44. The zero-order valence-electron chi connectivity index (χ0n) is 13.3. The summed E-state index contributed by atoms with van der Waals surface area (Å²) in [6.45, 7) is 2.06. The van der Waals surface area contributed by atoms with E-state index < -0.39 is 26.3 Å². The zero-order valence-corrected chi connectivity index (χ0v) is 14.9. The number of hydrogen-bond donors (Lipinski definition) is 0. The van der Waals surface area contributed by atoms with Crippen molar-refractivity contribution in [2.75, 3.05) is 19.8 Å². The summed E-state index contributed by atoms with van der Waals surface area (Å²) in [5.74, 6) is -0.591. The number of esters is 1. The predicted octanol–water partition coefficient (Wildman–Crippen LogP) is 2.63. The Labute approximate surface area is 146 Å². The summed E-state index contributed by atoms with van der Waals surface area (Å²) in [7, 11) is -3.69. The lowest BCUT2D eigenvalue weighted by molar-refractivity contribution is -0.139. The van der Waals surface area contributed by atoms with E-state index in [1.54, 1.807) is 13.0 Å². The van der Waals surface area contributed by atoms with Crippen LogP contribution < -0.4 is 0 Å². The van der Waals surface area contributed by atoms with Crippen LogP contribution in [0.15, 0.2) is 29.8 Å². The van der Waals surface area contributed by atoms with Crippen molar-refractivity contribution in [2.24, 2.45) is 0 Å². The first-order valence-corrected chi connectivity index (χ1v) is 9.90. The van der Waals surface area contributed by atoms with Gasteiger partial charge in [-0.15, -0.1) is 0 Å². The smallest absolute Gasteiger partial charge is 0.335 e. The molecule has 0 N–H and O–H groups in total. The van der Waals surface area contributed by atoms with Gasteiger partial charge in [0.05, 0.1) is 30.6 Å². The summed E-state index contributed by atoms with van der Waals surface area (Å²) >= 11 is 6.26. The molecule has 1 aromatic rings. The maximum Gasteiger partial charge on any atom is 0.335 e. The molecule has 1 aromatic carbocycles. The average molecular weight is 371 g/mol. The number of fused-ring (bicyclic) bond motifs is 1. The predicted molar refractivity (Wildman–Crippen MR) is 90.8 cm³/mol. The van der Waals surface area contributed by atoms with Crippen LogP contribution in [0.5, 0.6) is 0 Å². The van der Waals surface area contributed by atoms with Gasteiger partial charge in [-0.1, -0.05) is 23.7 Å². The van der Waals surface area contributed by atoms with Crippen LogP contribution in [-0.2, 0) is 30.5 Å². The number of hydrogen-bond acceptors (Lipinski definition) is 5. The van der Waals surface area contributed by atoms with E-state index in [2.05, 4.69) is 0 Å². The third-order valence-electron chi connectivity index (χ3n) is 4.48. The molecule has 7 heteroatoms. The normalized spacial score (nSPS) is 23.5. The van der Waals surface area contributed by atoms with Crippen molar-refractivity contribution in [1.29, 1.82) is 0 Å². The van der Waals surface area contributed by atoms with Crippen LogP contribution >= 0.6 is 11.6 Å². The Morgan fingerprint density at radius 1 is 1.38 bits per heavy atom. The fourth-order valence-electron chi connectivity index (χ4n) is 3.36. The van der Waals surface area contributed by atoms with Gasteiger partial charge in [-0.2, -0.15) is 0 Å². The van der Waals surface area contributed by atoms with Crippen molar-refractivity contribution in [3.63, 3.8) is 0 Å². The number of halogens is 1. The summed E-state index contributed by atoms with van der Waals surface area (Å²) in [6, 6.07) is 5.42. The minimum absolute atomic E-state index is 0.0384. The van der Waals surface area contributed by atoms with Crippen LogP contribution in [0.1, 0.15) is 29.7 Å². The first-order valence-electron chi connectivity index (χ1n) is 7.91. The molecule has 5 nitrogen and oxygen atoms in total. The Morgan fingerprint density at radius 3 is 2.92 bits per heavy atom. The molecular formula is C17H19ClO5S. The Morgan fingerprint density at radius 2 is 2.17 bits per heavy atom. The standard InChI is InChI=1S/C17H19ClO5S/c1-2-23-17(19)12-8-9-22-10-15(12)24(20,21)14-7-6-11-4-3-5-13(18)16(11)14/h3-5,8,14-15H,2,6-7,9-10H2,1H3. The molecule has 1 aliphatic heterocycles. The number of sulfone groups is 1. The molecule has 0 bridgehead atoms. The highest BCUT2D eigenvalue weighted by Gasteiger charge is 2.44. The lowest BCUT2D eigenvalue weighted by Crippen LogP contribution is -2.38. The maximum atomic E-state index is 13.2. The van der Waals surface area contributed by atoms with Crippen molar-refractivity contribution in [1.82, 2.24) is 0 Å². The topological polar surface area (TPSA) is 69.7 Å². The first-order chi connectivity index (χ1) is 11.5. The highest BCUT2D eigenvalue weighted by molar-refractivity contribution is 7.92. The first kappa shape index (κ1) is 17.5. The van der Waals surface area contributed by atoms with Crippen LogP contribution in [0.25, 0.3) is 0 Å². The van der Waals surface area contributed by atoms with Gasteiger partial charge in [-0.05, 0) is 43.0 Å². The van der Waals surface area contributed by atoms with Crippen molar-refractivity contribution >= 4 is 27.4 Å². The molecule has 1 heterocycles. The van der Waals surface area contributed by atoms with Crippen molar-refractivity contribution in [2.45, 2.75) is 30.3 Å². The van der Waals surface area contributed by atoms with E-state index in [9.17, 15) is 13.2 Å². The zero-order chi connectivity index (χ0) is 17.3. The lowest BCUT2D eigenvalue weighted by Gasteiger charge is -2.26. The van der Waals surface area contributed by atoms with E-state index in [-0.39, 0.29) is 25.4 Å². The molecule has 2 aliphatic rings. The molecule has 3 rings (SSSR count). The van der Waals surface area contributed by atoms with Crippen molar-refractivity contribution < 1.29 is 22.7 Å². The van der Waals surface area contributed by atoms with Gasteiger partial charge in [0.15, 0.2) is 9.84 Å². The highest BCUT2D eigenvalue weighted by atomic mass is 35.5. The minimum Gasteiger partial charge on any atom is -0.463 e. The minimum atomic E-state index is -3.69. The Kier molecular flexibility index (Phi) is 4.99. The Hall–Kier alpha value is -1.37. The van der Waals surface area contributed by atoms with E-state index in [0.29, 0.717) is 23.4 Å². The number of rotatable bonds is 4. The van der Waals surface area contributed by atoms with Crippen LogP contribution in [-0.4, -0.2) is 39.5 Å².